The van der Waals surface area contributed by atoms with Crippen LogP contribution in [0.25, 0.3) is 0 Å². The first-order valence-electron chi connectivity index (χ1n) is 5.12. The highest BCUT2D eigenvalue weighted by molar-refractivity contribution is 6.33. The fourth-order valence-electron chi connectivity index (χ4n) is 1.48. The molecule has 0 saturated carbocycles. The van der Waals surface area contributed by atoms with Gasteiger partial charge in [0, 0.05) is 5.02 Å². The second-order valence-electron chi connectivity index (χ2n) is 3.66. The largest absolute Gasteiger partial charge is 0.397 e. The van der Waals surface area contributed by atoms with Gasteiger partial charge in [0.1, 0.15) is 0 Å². The molecule has 0 saturated heterocycles. The molecule has 2 aromatic carbocycles. The maximum atomic E-state index is 8.75. The topological polar surface area (TPSA) is 61.8 Å². The van der Waals surface area contributed by atoms with Gasteiger partial charge in [-0.1, -0.05) is 23.2 Å². The minimum absolute atomic E-state index is 0.461. The Labute approximate surface area is 115 Å². The molecule has 0 aliphatic heterocycles. The number of nitrogen functional groups attached to an aromatic ring is 1. The quantitative estimate of drug-likeness (QED) is 0.809. The van der Waals surface area contributed by atoms with Gasteiger partial charge >= 0.3 is 0 Å². The number of halogens is 2. The lowest BCUT2D eigenvalue weighted by Gasteiger charge is -2.11. The average Bonchev–Trinajstić information content (AvgIpc) is 2.34. The third-order valence-corrected chi connectivity index (χ3v) is 2.93. The Morgan fingerprint density at radius 1 is 1.06 bits per heavy atom. The molecular weight excluding hydrogens is 269 g/mol. The Morgan fingerprint density at radius 3 is 2.39 bits per heavy atom. The van der Waals surface area contributed by atoms with Crippen LogP contribution in [0.1, 0.15) is 5.56 Å². The lowest BCUT2D eigenvalue weighted by atomic mass is 10.2. The molecule has 0 bridgehead atoms. The SMILES string of the molecule is N#Cc1ccc(Nc2ccc(Cl)cc2N)c(Cl)c1. The molecule has 0 heterocycles. The zero-order valence-electron chi connectivity index (χ0n) is 9.24. The number of anilines is 3. The van der Waals surface area contributed by atoms with Crippen LogP contribution < -0.4 is 11.1 Å². The van der Waals surface area contributed by atoms with Gasteiger partial charge < -0.3 is 11.1 Å². The standard InChI is InChI=1S/C13H9Cl2N3/c14-9-2-4-13(11(17)6-9)18-12-3-1-8(7-16)5-10(12)15/h1-6,18H,17H2. The Balaban J connectivity index is 2.32. The van der Waals surface area contributed by atoms with E-state index in [2.05, 4.69) is 5.32 Å². The van der Waals surface area contributed by atoms with Crippen molar-refractivity contribution in [2.24, 2.45) is 0 Å². The number of nitrogens with zero attached hydrogens (tertiary/aromatic N) is 1. The lowest BCUT2D eigenvalue weighted by molar-refractivity contribution is 1.47. The van der Waals surface area contributed by atoms with Crippen LogP contribution in [0, 0.1) is 11.3 Å². The third-order valence-electron chi connectivity index (χ3n) is 2.38. The predicted molar refractivity (Wildman–Crippen MR) is 75.3 cm³/mol. The van der Waals surface area contributed by atoms with Crippen LogP contribution in [0.15, 0.2) is 36.4 Å². The summed E-state index contributed by atoms with van der Waals surface area (Å²) in [6.07, 6.45) is 0. The Bertz CT molecular complexity index is 633. The summed E-state index contributed by atoms with van der Waals surface area (Å²) in [5.74, 6) is 0. The summed E-state index contributed by atoms with van der Waals surface area (Å²) in [6, 6.07) is 12.2. The van der Waals surface area contributed by atoms with Crippen molar-refractivity contribution in [3.63, 3.8) is 0 Å². The van der Waals surface area contributed by atoms with Crippen molar-refractivity contribution < 1.29 is 0 Å². The summed E-state index contributed by atoms with van der Waals surface area (Å²) < 4.78 is 0. The van der Waals surface area contributed by atoms with Gasteiger partial charge in [-0.2, -0.15) is 5.26 Å². The van der Waals surface area contributed by atoms with Crippen molar-refractivity contribution in [3.05, 3.63) is 52.0 Å². The zero-order chi connectivity index (χ0) is 13.1. The molecule has 0 spiro atoms. The monoisotopic (exact) mass is 277 g/mol. The minimum Gasteiger partial charge on any atom is -0.397 e. The fourth-order valence-corrected chi connectivity index (χ4v) is 1.89. The van der Waals surface area contributed by atoms with Crippen molar-refractivity contribution in [1.82, 2.24) is 0 Å². The van der Waals surface area contributed by atoms with Crippen LogP contribution in [-0.2, 0) is 0 Å². The highest BCUT2D eigenvalue weighted by Crippen LogP contribution is 2.30. The summed E-state index contributed by atoms with van der Waals surface area (Å²) in [5, 5.41) is 12.9. The van der Waals surface area contributed by atoms with Gasteiger partial charge in [-0.3, -0.25) is 0 Å². The van der Waals surface area contributed by atoms with Crippen LogP contribution in [-0.4, -0.2) is 0 Å². The summed E-state index contributed by atoms with van der Waals surface area (Å²) in [5.41, 5.74) is 8.27. The average molecular weight is 278 g/mol. The van der Waals surface area contributed by atoms with Gasteiger partial charge in [-0.15, -0.1) is 0 Å². The molecule has 0 atom stereocenters. The zero-order valence-corrected chi connectivity index (χ0v) is 10.8. The molecule has 18 heavy (non-hydrogen) atoms. The second kappa shape index (κ2) is 5.18. The summed E-state index contributed by atoms with van der Waals surface area (Å²) in [6.45, 7) is 0. The molecular formula is C13H9Cl2N3. The van der Waals surface area contributed by atoms with E-state index in [0.717, 1.165) is 0 Å². The number of nitriles is 1. The summed E-state index contributed by atoms with van der Waals surface area (Å²) >= 11 is 11.9. The molecule has 2 rings (SSSR count). The summed E-state index contributed by atoms with van der Waals surface area (Å²) in [4.78, 5) is 0. The van der Waals surface area contributed by atoms with Crippen molar-refractivity contribution >= 4 is 40.3 Å². The van der Waals surface area contributed by atoms with E-state index in [-0.39, 0.29) is 0 Å². The molecule has 0 aromatic heterocycles. The fraction of sp³-hybridized carbons (Fsp3) is 0. The smallest absolute Gasteiger partial charge is 0.0992 e. The first kappa shape index (κ1) is 12.6. The van der Waals surface area contributed by atoms with Gasteiger partial charge in [-0.25, -0.2) is 0 Å². The highest BCUT2D eigenvalue weighted by Gasteiger charge is 2.05. The van der Waals surface area contributed by atoms with Crippen LogP contribution in [0.4, 0.5) is 17.1 Å². The number of hydrogen-bond acceptors (Lipinski definition) is 3. The normalized spacial score (nSPS) is 9.83. The Hall–Kier alpha value is -1.89. The maximum Gasteiger partial charge on any atom is 0.0992 e. The molecule has 3 N–H and O–H groups in total. The highest BCUT2D eigenvalue weighted by atomic mass is 35.5. The van der Waals surface area contributed by atoms with Gasteiger partial charge in [0.25, 0.3) is 0 Å². The van der Waals surface area contributed by atoms with E-state index in [1.165, 1.54) is 0 Å². The van der Waals surface area contributed by atoms with E-state index in [4.69, 9.17) is 34.2 Å². The molecule has 0 unspecified atom stereocenters. The van der Waals surface area contributed by atoms with Crippen LogP contribution in [0.3, 0.4) is 0 Å². The molecule has 2 aromatic rings. The van der Waals surface area contributed by atoms with Crippen LogP contribution in [0.5, 0.6) is 0 Å². The van der Waals surface area contributed by atoms with Crippen molar-refractivity contribution in [2.45, 2.75) is 0 Å². The molecule has 0 radical (unpaired) electrons. The molecule has 0 aliphatic carbocycles. The van der Waals surface area contributed by atoms with E-state index >= 15 is 0 Å². The van der Waals surface area contributed by atoms with E-state index in [0.29, 0.717) is 32.7 Å². The van der Waals surface area contributed by atoms with Gasteiger partial charge in [0.05, 0.1) is 33.7 Å². The first-order chi connectivity index (χ1) is 8.60. The van der Waals surface area contributed by atoms with Gasteiger partial charge in [0.2, 0.25) is 0 Å². The molecule has 0 aliphatic rings. The van der Waals surface area contributed by atoms with Crippen molar-refractivity contribution in [3.8, 4) is 6.07 Å². The van der Waals surface area contributed by atoms with Crippen molar-refractivity contribution in [2.75, 3.05) is 11.1 Å². The van der Waals surface area contributed by atoms with Gasteiger partial charge in [-0.05, 0) is 36.4 Å². The lowest BCUT2D eigenvalue weighted by Crippen LogP contribution is -1.96. The maximum absolute atomic E-state index is 8.75. The first-order valence-corrected chi connectivity index (χ1v) is 5.87. The predicted octanol–water partition coefficient (Wildman–Crippen LogP) is 4.19. The summed E-state index contributed by atoms with van der Waals surface area (Å²) in [7, 11) is 0. The number of benzene rings is 2. The Morgan fingerprint density at radius 2 is 1.78 bits per heavy atom. The van der Waals surface area contributed by atoms with Crippen molar-refractivity contribution in [1.29, 1.82) is 5.26 Å². The minimum atomic E-state index is 0.461. The molecule has 0 fully saturated rings. The molecule has 90 valence electrons. The van der Waals surface area contributed by atoms with E-state index < -0.39 is 0 Å². The van der Waals surface area contributed by atoms with E-state index in [9.17, 15) is 0 Å². The van der Waals surface area contributed by atoms with E-state index in [1.54, 1.807) is 36.4 Å². The molecule has 3 nitrogen and oxygen atoms in total. The molecule has 5 heteroatoms. The van der Waals surface area contributed by atoms with Gasteiger partial charge in [0.15, 0.2) is 0 Å². The van der Waals surface area contributed by atoms with Crippen LogP contribution >= 0.6 is 23.2 Å². The number of rotatable bonds is 2. The second-order valence-corrected chi connectivity index (χ2v) is 4.51. The molecule has 0 amide bonds. The number of nitrogens with one attached hydrogen (secondary N) is 1. The number of nitrogens with two attached hydrogens (primary N) is 1. The number of hydrogen-bond donors (Lipinski definition) is 2. The third kappa shape index (κ3) is 2.67. The van der Waals surface area contributed by atoms with Crippen LogP contribution in [0.2, 0.25) is 10.0 Å². The van der Waals surface area contributed by atoms with E-state index in [1.807, 2.05) is 6.07 Å². The Kier molecular flexibility index (Phi) is 3.61.